The number of H-pyrrole nitrogens is 1. The molecule has 242 valence electrons. The van der Waals surface area contributed by atoms with Crippen LogP contribution in [0.3, 0.4) is 0 Å². The van der Waals surface area contributed by atoms with E-state index in [0.717, 1.165) is 21.8 Å². The van der Waals surface area contributed by atoms with Gasteiger partial charge in [0.2, 0.25) is 5.95 Å². The first-order valence-electron chi connectivity index (χ1n) is 12.8. The van der Waals surface area contributed by atoms with Gasteiger partial charge < -0.3 is 45.7 Å². The summed E-state index contributed by atoms with van der Waals surface area (Å²) in [5, 5.41) is 31.6. The predicted molar refractivity (Wildman–Crippen MR) is 143 cm³/mol. The van der Waals surface area contributed by atoms with Gasteiger partial charge in [-0.2, -0.15) is 19.3 Å². The average molecular weight is 677 g/mol. The number of fused-ring (bicyclic) bond motifs is 2. The molecule has 25 heteroatoms. The number of anilines is 2. The van der Waals surface area contributed by atoms with Gasteiger partial charge in [0.25, 0.3) is 5.56 Å². The molecule has 45 heavy (non-hydrogen) atoms. The maximum absolute atomic E-state index is 13.9. The Morgan fingerprint density at radius 2 is 1.69 bits per heavy atom. The Bertz CT molecular complexity index is 1890. The zero-order valence-electron chi connectivity index (χ0n) is 22.3. The first-order valence-corrected chi connectivity index (χ1v) is 15.5. The molecule has 0 bridgehead atoms. The van der Waals surface area contributed by atoms with Gasteiger partial charge in [-0.05, 0) is 0 Å². The van der Waals surface area contributed by atoms with Crippen LogP contribution in [-0.2, 0) is 27.7 Å². The molecule has 6 heterocycles. The minimum Gasteiger partial charge on any atom is -0.394 e. The first-order chi connectivity index (χ1) is 21.3. The molecule has 0 amide bonds. The molecular formula is C20H24FN10O12P2+. The van der Waals surface area contributed by atoms with Crippen LogP contribution in [0.1, 0.15) is 12.5 Å². The van der Waals surface area contributed by atoms with Crippen LogP contribution in [0.4, 0.5) is 16.2 Å². The fraction of sp³-hybridized carbons (Fsp3) is 0.500. The minimum absolute atomic E-state index is 0.0533. The Morgan fingerprint density at radius 3 is 2.38 bits per heavy atom. The number of aliphatic hydroxyl groups excluding tert-OH is 3. The van der Waals surface area contributed by atoms with Crippen molar-refractivity contribution in [2.45, 2.75) is 48.6 Å². The van der Waals surface area contributed by atoms with Gasteiger partial charge in [0.05, 0.1) is 25.9 Å². The maximum Gasteiger partial charge on any atom is 0.695 e. The van der Waals surface area contributed by atoms with Crippen LogP contribution in [0, 0.1) is 6.08 Å². The second kappa shape index (κ2) is 11.6. The van der Waals surface area contributed by atoms with E-state index in [9.17, 15) is 43.4 Å². The van der Waals surface area contributed by atoms with Crippen molar-refractivity contribution in [1.82, 2.24) is 39.0 Å². The Balaban J connectivity index is 1.29. The van der Waals surface area contributed by atoms with Crippen LogP contribution in [0.5, 0.6) is 0 Å². The molecule has 10 unspecified atom stereocenters. The highest BCUT2D eigenvalue weighted by atomic mass is 31.2. The lowest BCUT2D eigenvalue weighted by atomic mass is 10.1. The second-order valence-corrected chi connectivity index (χ2v) is 12.6. The van der Waals surface area contributed by atoms with E-state index < -0.39 is 89.3 Å². The second-order valence-electron chi connectivity index (χ2n) is 9.93. The Kier molecular flexibility index (Phi) is 8.12. The fourth-order valence-corrected chi connectivity index (χ4v) is 7.39. The summed E-state index contributed by atoms with van der Waals surface area (Å²) in [5.41, 5.74) is 8.11. The van der Waals surface area contributed by atoms with Gasteiger partial charge in [-0.25, -0.2) is 9.97 Å². The Morgan fingerprint density at radius 1 is 1.04 bits per heavy atom. The van der Waals surface area contributed by atoms with Crippen LogP contribution in [0.2, 0.25) is 0 Å². The van der Waals surface area contributed by atoms with Gasteiger partial charge in [-0.15, -0.1) is 9.42 Å². The summed E-state index contributed by atoms with van der Waals surface area (Å²) in [5.74, 6) is -0.633. The predicted octanol–water partition coefficient (Wildman–Crippen LogP) is -2.62. The fourth-order valence-electron chi connectivity index (χ4n) is 5.27. The molecule has 4 aromatic rings. The molecule has 4 aromatic heterocycles. The number of hydrogen-bond acceptors (Lipinski definition) is 17. The van der Waals surface area contributed by atoms with Gasteiger partial charge in [0.15, 0.2) is 46.7 Å². The number of aromatic amines is 1. The summed E-state index contributed by atoms with van der Waals surface area (Å²) in [4.78, 5) is 53.8. The summed E-state index contributed by atoms with van der Waals surface area (Å²) < 4.78 is 62.9. The molecule has 0 aliphatic carbocycles. The molecule has 10 atom stereocenters. The maximum atomic E-state index is 13.9. The van der Waals surface area contributed by atoms with E-state index >= 15 is 0 Å². The Hall–Kier alpha value is -3.60. The number of nitrogens with one attached hydrogen (secondary N) is 1. The van der Waals surface area contributed by atoms with E-state index in [1.54, 1.807) is 0 Å². The SMILES string of the molecule is Nc1nc2c(ncn2C2OC(CO)C(O)C2P(=O)(O)OCC2OC(n3cnc4c(N)nc(F)nc43)C(O)C2O[P+](=O)O)c(=O)[nH]1. The minimum atomic E-state index is -5.05. The largest absolute Gasteiger partial charge is 0.695 e. The number of halogens is 1. The molecule has 0 radical (unpaired) electrons. The van der Waals surface area contributed by atoms with Crippen molar-refractivity contribution in [3.8, 4) is 0 Å². The molecule has 2 aliphatic rings. The van der Waals surface area contributed by atoms with Gasteiger partial charge in [-0.1, -0.05) is 0 Å². The molecule has 0 saturated carbocycles. The van der Waals surface area contributed by atoms with Crippen LogP contribution < -0.4 is 17.0 Å². The van der Waals surface area contributed by atoms with E-state index in [1.807, 2.05) is 0 Å². The van der Waals surface area contributed by atoms with E-state index in [0.29, 0.717) is 0 Å². The van der Waals surface area contributed by atoms with Crippen molar-refractivity contribution in [3.63, 3.8) is 0 Å². The lowest BCUT2D eigenvalue weighted by Crippen LogP contribution is -2.37. The number of nitrogens with two attached hydrogens (primary N) is 2. The van der Waals surface area contributed by atoms with E-state index in [2.05, 4.69) is 29.9 Å². The number of hydrogen-bond donors (Lipinski definition) is 8. The number of rotatable bonds is 9. The van der Waals surface area contributed by atoms with E-state index in [4.69, 9.17) is 30.0 Å². The summed E-state index contributed by atoms with van der Waals surface area (Å²) in [6.07, 6.45) is -10.3. The number of nitrogen functional groups attached to an aromatic ring is 2. The molecular weight excluding hydrogens is 653 g/mol. The lowest BCUT2D eigenvalue weighted by molar-refractivity contribution is -0.0491. The smallest absolute Gasteiger partial charge is 0.394 e. The van der Waals surface area contributed by atoms with Crippen molar-refractivity contribution in [2.75, 3.05) is 24.7 Å². The monoisotopic (exact) mass is 677 g/mol. The summed E-state index contributed by atoms with van der Waals surface area (Å²) >= 11 is 0. The zero-order chi connectivity index (χ0) is 32.4. The molecule has 10 N–H and O–H groups in total. The van der Waals surface area contributed by atoms with Crippen molar-refractivity contribution in [2.24, 2.45) is 0 Å². The molecule has 0 aromatic carbocycles. The molecule has 0 spiro atoms. The normalized spacial score (nSPS) is 30.3. The zero-order valence-corrected chi connectivity index (χ0v) is 24.1. The third-order valence-electron chi connectivity index (χ3n) is 7.26. The van der Waals surface area contributed by atoms with Crippen molar-refractivity contribution in [1.29, 1.82) is 0 Å². The highest BCUT2D eigenvalue weighted by Gasteiger charge is 2.56. The van der Waals surface area contributed by atoms with Crippen LogP contribution >= 0.6 is 15.9 Å². The quantitative estimate of drug-likeness (QED) is 0.0663. The number of aliphatic hydroxyl groups is 3. The number of nitrogens with zero attached hydrogens (tertiary/aromatic N) is 7. The lowest BCUT2D eigenvalue weighted by Gasteiger charge is -2.27. The molecule has 2 aliphatic heterocycles. The van der Waals surface area contributed by atoms with Gasteiger partial charge in [0, 0.05) is 4.57 Å². The first kappa shape index (κ1) is 31.4. The number of imidazole rings is 2. The molecule has 2 fully saturated rings. The third kappa shape index (κ3) is 5.47. The Labute approximate surface area is 248 Å². The van der Waals surface area contributed by atoms with Crippen LogP contribution in [0.15, 0.2) is 17.4 Å². The topological polar surface area (TPSA) is 331 Å². The summed E-state index contributed by atoms with van der Waals surface area (Å²) in [7, 11) is -8.40. The van der Waals surface area contributed by atoms with Crippen molar-refractivity contribution in [3.05, 3.63) is 29.1 Å². The number of aromatic nitrogens is 8. The summed E-state index contributed by atoms with van der Waals surface area (Å²) in [6, 6.07) is 0. The molecule has 2 saturated heterocycles. The van der Waals surface area contributed by atoms with Crippen LogP contribution in [0.25, 0.3) is 22.3 Å². The van der Waals surface area contributed by atoms with E-state index in [-0.39, 0.29) is 34.1 Å². The number of ether oxygens (including phenoxy) is 2. The van der Waals surface area contributed by atoms with Crippen molar-refractivity contribution < 1.29 is 57.1 Å². The van der Waals surface area contributed by atoms with E-state index in [1.165, 1.54) is 0 Å². The van der Waals surface area contributed by atoms with Gasteiger partial charge in [0.1, 0.15) is 30.1 Å². The van der Waals surface area contributed by atoms with Gasteiger partial charge in [-0.3, -0.25) is 23.5 Å². The highest BCUT2D eigenvalue weighted by Crippen LogP contribution is 2.57. The standard InChI is InChI=1S/C20H23FN10O12P2/c21-19-26-13(22)7-14(27-19)30(3-24-7)17-10(34)11(43-44(36)37)6(42-17)2-40-45(38,39)12-9(33)5(1-32)41-18(12)31-4-25-8-15(31)28-20(23)29-16(8)35/h3-6,9-12,17-18,32-34H,1-2H2,(H6-,22,23,26,27,28,29,35,36,37,38,39)/p+1. The van der Waals surface area contributed by atoms with Gasteiger partial charge >= 0.3 is 21.9 Å². The average Bonchev–Trinajstić information content (AvgIpc) is 3.72. The molecule has 6 rings (SSSR count). The summed E-state index contributed by atoms with van der Waals surface area (Å²) in [6.45, 7) is -1.67. The third-order valence-corrected chi connectivity index (χ3v) is 9.52. The van der Waals surface area contributed by atoms with Crippen molar-refractivity contribution >= 4 is 49.9 Å². The molecule has 22 nitrogen and oxygen atoms in total. The highest BCUT2D eigenvalue weighted by molar-refractivity contribution is 7.53. The van der Waals surface area contributed by atoms with Crippen LogP contribution in [-0.4, -0.2) is 114 Å².